The van der Waals surface area contributed by atoms with E-state index in [0.717, 1.165) is 5.56 Å². The van der Waals surface area contributed by atoms with Gasteiger partial charge >= 0.3 is 0 Å². The molecule has 1 aliphatic heterocycles. The van der Waals surface area contributed by atoms with Gasteiger partial charge in [0.05, 0.1) is 13.2 Å². The quantitative estimate of drug-likeness (QED) is 0.560. The molecule has 1 aromatic carbocycles. The number of aliphatic hydroxyl groups excluding tert-OH is 4. The maximum absolute atomic E-state index is 9.70. The summed E-state index contributed by atoms with van der Waals surface area (Å²) in [5, 5.41) is 37.9. The SMILES string of the molecule is OC1O[C@H](COCc2ccccc2)[C@@H](O)[C@H](O)[C@H]1O. The minimum absolute atomic E-state index is 0.0108. The highest BCUT2D eigenvalue weighted by Gasteiger charge is 2.42. The fourth-order valence-corrected chi connectivity index (χ4v) is 1.94. The standard InChI is InChI=1S/C13H18O6/c14-10-9(19-13(17)12(16)11(10)15)7-18-6-8-4-2-1-3-5-8/h1-5,9-17H,6-7H2/t9-,10-,11+,12-,13?/m1/s1. The van der Waals surface area contributed by atoms with Crippen LogP contribution in [0.25, 0.3) is 0 Å². The van der Waals surface area contributed by atoms with Gasteiger partial charge in [0.1, 0.15) is 24.4 Å². The molecule has 6 heteroatoms. The van der Waals surface area contributed by atoms with Gasteiger partial charge in [0.2, 0.25) is 0 Å². The zero-order valence-corrected chi connectivity index (χ0v) is 10.3. The van der Waals surface area contributed by atoms with Crippen molar-refractivity contribution in [3.05, 3.63) is 35.9 Å². The van der Waals surface area contributed by atoms with Gasteiger partial charge in [-0.15, -0.1) is 0 Å². The molecule has 1 fully saturated rings. The highest BCUT2D eigenvalue weighted by atomic mass is 16.6. The first-order chi connectivity index (χ1) is 9.09. The van der Waals surface area contributed by atoms with E-state index in [1.807, 2.05) is 30.3 Å². The Hall–Kier alpha value is -1.02. The van der Waals surface area contributed by atoms with Crippen LogP contribution in [0.4, 0.5) is 0 Å². The molecular weight excluding hydrogens is 252 g/mol. The Labute approximate surface area is 110 Å². The summed E-state index contributed by atoms with van der Waals surface area (Å²) in [6.07, 6.45) is -6.66. The monoisotopic (exact) mass is 270 g/mol. The Morgan fingerprint density at radius 1 is 0.947 bits per heavy atom. The molecule has 5 atom stereocenters. The van der Waals surface area contributed by atoms with Crippen molar-refractivity contribution in [1.82, 2.24) is 0 Å². The molecule has 6 nitrogen and oxygen atoms in total. The fraction of sp³-hybridized carbons (Fsp3) is 0.538. The normalized spacial score (nSPS) is 35.3. The average Bonchev–Trinajstić information content (AvgIpc) is 2.43. The van der Waals surface area contributed by atoms with Crippen LogP contribution in [0.5, 0.6) is 0 Å². The van der Waals surface area contributed by atoms with Crippen molar-refractivity contribution < 1.29 is 29.9 Å². The van der Waals surface area contributed by atoms with Crippen LogP contribution in [-0.2, 0) is 16.1 Å². The number of rotatable bonds is 4. The Balaban J connectivity index is 1.82. The smallest absolute Gasteiger partial charge is 0.184 e. The van der Waals surface area contributed by atoms with Crippen LogP contribution < -0.4 is 0 Å². The molecule has 19 heavy (non-hydrogen) atoms. The van der Waals surface area contributed by atoms with E-state index >= 15 is 0 Å². The van der Waals surface area contributed by atoms with E-state index in [9.17, 15) is 20.4 Å². The average molecular weight is 270 g/mol. The molecule has 0 bridgehead atoms. The molecule has 4 N–H and O–H groups in total. The second-order valence-corrected chi connectivity index (χ2v) is 4.54. The van der Waals surface area contributed by atoms with Gasteiger partial charge in [0.15, 0.2) is 6.29 Å². The summed E-state index contributed by atoms with van der Waals surface area (Å²) in [7, 11) is 0. The minimum atomic E-state index is -1.52. The first kappa shape index (κ1) is 14.4. The maximum Gasteiger partial charge on any atom is 0.184 e. The van der Waals surface area contributed by atoms with Crippen molar-refractivity contribution in [3.63, 3.8) is 0 Å². The van der Waals surface area contributed by atoms with Crippen LogP contribution in [0.15, 0.2) is 30.3 Å². The van der Waals surface area contributed by atoms with Crippen LogP contribution in [0.3, 0.4) is 0 Å². The number of hydrogen-bond donors (Lipinski definition) is 4. The second kappa shape index (κ2) is 6.42. The lowest BCUT2D eigenvalue weighted by Crippen LogP contribution is -2.58. The Morgan fingerprint density at radius 2 is 1.63 bits per heavy atom. The molecule has 1 saturated heterocycles. The van der Waals surface area contributed by atoms with Gasteiger partial charge in [-0.1, -0.05) is 30.3 Å². The molecule has 0 radical (unpaired) electrons. The van der Waals surface area contributed by atoms with E-state index in [0.29, 0.717) is 6.61 Å². The predicted octanol–water partition coefficient (Wildman–Crippen LogP) is -0.997. The highest BCUT2D eigenvalue weighted by Crippen LogP contribution is 2.20. The summed E-state index contributed by atoms with van der Waals surface area (Å²) in [4.78, 5) is 0. The largest absolute Gasteiger partial charge is 0.387 e. The van der Waals surface area contributed by atoms with Crippen molar-refractivity contribution in [2.45, 2.75) is 37.3 Å². The molecule has 1 heterocycles. The lowest BCUT2D eigenvalue weighted by atomic mass is 9.99. The summed E-state index contributed by atoms with van der Waals surface area (Å²) in [5.41, 5.74) is 0.967. The lowest BCUT2D eigenvalue weighted by Gasteiger charge is -2.38. The van der Waals surface area contributed by atoms with E-state index in [-0.39, 0.29) is 6.61 Å². The summed E-state index contributed by atoms with van der Waals surface area (Å²) in [6.45, 7) is 0.346. The first-order valence-corrected chi connectivity index (χ1v) is 6.09. The van der Waals surface area contributed by atoms with Gasteiger partial charge in [0.25, 0.3) is 0 Å². The van der Waals surface area contributed by atoms with Crippen LogP contribution >= 0.6 is 0 Å². The maximum atomic E-state index is 9.70. The lowest BCUT2D eigenvalue weighted by molar-refractivity contribution is -0.289. The molecule has 1 aromatic rings. The molecule has 106 valence electrons. The zero-order chi connectivity index (χ0) is 13.8. The van der Waals surface area contributed by atoms with Gasteiger partial charge in [-0.2, -0.15) is 0 Å². The molecule has 0 aliphatic carbocycles. The first-order valence-electron chi connectivity index (χ1n) is 6.09. The summed E-state index contributed by atoms with van der Waals surface area (Å²) in [5.74, 6) is 0. The van der Waals surface area contributed by atoms with Crippen molar-refractivity contribution in [2.75, 3.05) is 6.61 Å². The van der Waals surface area contributed by atoms with E-state index in [2.05, 4.69) is 0 Å². The van der Waals surface area contributed by atoms with Gasteiger partial charge in [-0.3, -0.25) is 0 Å². The minimum Gasteiger partial charge on any atom is -0.387 e. The van der Waals surface area contributed by atoms with E-state index in [1.54, 1.807) is 0 Å². The predicted molar refractivity (Wildman–Crippen MR) is 65.0 cm³/mol. The Bertz CT molecular complexity index is 384. The van der Waals surface area contributed by atoms with Crippen molar-refractivity contribution in [1.29, 1.82) is 0 Å². The number of hydrogen-bond acceptors (Lipinski definition) is 6. The highest BCUT2D eigenvalue weighted by molar-refractivity contribution is 5.13. The van der Waals surface area contributed by atoms with Crippen LogP contribution in [0.1, 0.15) is 5.56 Å². The second-order valence-electron chi connectivity index (χ2n) is 4.54. The Morgan fingerprint density at radius 3 is 2.32 bits per heavy atom. The van der Waals surface area contributed by atoms with E-state index in [4.69, 9.17) is 9.47 Å². The van der Waals surface area contributed by atoms with Gasteiger partial charge < -0.3 is 29.9 Å². The summed E-state index contributed by atoms with van der Waals surface area (Å²) >= 11 is 0. The fourth-order valence-electron chi connectivity index (χ4n) is 1.94. The van der Waals surface area contributed by atoms with Crippen LogP contribution in [0.2, 0.25) is 0 Å². The molecule has 1 aliphatic rings. The number of ether oxygens (including phenoxy) is 2. The van der Waals surface area contributed by atoms with Gasteiger partial charge in [-0.05, 0) is 5.56 Å². The van der Waals surface area contributed by atoms with Crippen LogP contribution in [0, 0.1) is 0 Å². The van der Waals surface area contributed by atoms with Gasteiger partial charge in [0, 0.05) is 0 Å². The van der Waals surface area contributed by atoms with Crippen LogP contribution in [-0.4, -0.2) is 57.7 Å². The molecular formula is C13H18O6. The molecule has 0 spiro atoms. The molecule has 0 aromatic heterocycles. The molecule has 0 amide bonds. The van der Waals surface area contributed by atoms with Gasteiger partial charge in [-0.25, -0.2) is 0 Å². The number of benzene rings is 1. The molecule has 0 saturated carbocycles. The molecule has 1 unspecified atom stereocenters. The van der Waals surface area contributed by atoms with E-state index < -0.39 is 30.7 Å². The third-order valence-electron chi connectivity index (χ3n) is 3.08. The van der Waals surface area contributed by atoms with Crippen molar-refractivity contribution >= 4 is 0 Å². The summed E-state index contributed by atoms with van der Waals surface area (Å²) in [6, 6.07) is 9.45. The van der Waals surface area contributed by atoms with E-state index in [1.165, 1.54) is 0 Å². The zero-order valence-electron chi connectivity index (χ0n) is 10.3. The number of aliphatic hydroxyl groups is 4. The topological polar surface area (TPSA) is 99.4 Å². The third-order valence-corrected chi connectivity index (χ3v) is 3.08. The molecule has 2 rings (SSSR count). The third kappa shape index (κ3) is 3.50. The van der Waals surface area contributed by atoms with Crippen molar-refractivity contribution in [2.24, 2.45) is 0 Å². The van der Waals surface area contributed by atoms with Crippen molar-refractivity contribution in [3.8, 4) is 0 Å². The Kier molecular flexibility index (Phi) is 4.87. The summed E-state index contributed by atoms with van der Waals surface area (Å²) < 4.78 is 10.4.